The van der Waals surface area contributed by atoms with Crippen LogP contribution in [-0.4, -0.2) is 35.6 Å². The number of piperazine rings is 1. The lowest BCUT2D eigenvalue weighted by atomic mass is 10.1. The molecule has 0 aromatic carbocycles. The normalized spacial score (nSPS) is 19.6. The predicted molar refractivity (Wildman–Crippen MR) is 105 cm³/mol. The van der Waals surface area contributed by atoms with E-state index >= 15 is 0 Å². The molecule has 2 aromatic heterocycles. The van der Waals surface area contributed by atoms with E-state index in [1.54, 1.807) is 18.3 Å². The van der Waals surface area contributed by atoms with Gasteiger partial charge in [0.15, 0.2) is 5.75 Å². The highest BCUT2D eigenvalue weighted by Gasteiger charge is 2.32. The second kappa shape index (κ2) is 7.71. The predicted octanol–water partition coefficient (Wildman–Crippen LogP) is 3.86. The fraction of sp³-hybridized carbons (Fsp3) is 0.450. The number of hydrogen-bond donors (Lipinski definition) is 1. The summed E-state index contributed by atoms with van der Waals surface area (Å²) in [6, 6.07) is 7.98. The summed E-state index contributed by atoms with van der Waals surface area (Å²) in [7, 11) is 0. The van der Waals surface area contributed by atoms with Gasteiger partial charge < -0.3 is 15.0 Å². The Balaban J connectivity index is 1.70. The number of anilines is 1. The molecule has 1 atom stereocenters. The van der Waals surface area contributed by atoms with Crippen molar-refractivity contribution in [1.29, 1.82) is 5.26 Å². The minimum atomic E-state index is 0.372. The van der Waals surface area contributed by atoms with Gasteiger partial charge in [0, 0.05) is 49.9 Å². The largest absolute Gasteiger partial charge is 0.455 e. The lowest BCUT2D eigenvalue weighted by Gasteiger charge is -2.34. The molecule has 1 saturated heterocycles. The first kappa shape index (κ1) is 18.0. The molecular weight excluding hydrogens is 362 g/mol. The molecule has 1 N–H and O–H groups in total. The molecule has 1 saturated carbocycles. The Hall–Kier alpha value is -2.36. The molecule has 2 fully saturated rings. The minimum Gasteiger partial charge on any atom is -0.455 e. The molecule has 0 bridgehead atoms. The average molecular weight is 384 g/mol. The fourth-order valence-electron chi connectivity index (χ4n) is 3.42. The van der Waals surface area contributed by atoms with Crippen molar-refractivity contribution >= 4 is 17.4 Å². The highest BCUT2D eigenvalue weighted by atomic mass is 35.5. The highest BCUT2D eigenvalue weighted by Crippen LogP contribution is 2.45. The van der Waals surface area contributed by atoms with Crippen molar-refractivity contribution in [3.05, 3.63) is 40.8 Å². The Morgan fingerprint density at radius 2 is 2.26 bits per heavy atom. The Kier molecular flexibility index (Phi) is 5.15. The van der Waals surface area contributed by atoms with Gasteiger partial charge in [-0.1, -0.05) is 18.5 Å². The van der Waals surface area contributed by atoms with Crippen molar-refractivity contribution in [3.63, 3.8) is 0 Å². The third-order valence-electron chi connectivity index (χ3n) is 5.05. The molecule has 7 heteroatoms. The molecule has 6 nitrogen and oxygen atoms in total. The smallest absolute Gasteiger partial charge is 0.150 e. The summed E-state index contributed by atoms with van der Waals surface area (Å²) in [6.45, 7) is 4.79. The van der Waals surface area contributed by atoms with E-state index in [0.29, 0.717) is 34.2 Å². The Morgan fingerprint density at radius 1 is 1.41 bits per heavy atom. The number of nitrogens with one attached hydrogen (secondary N) is 1. The zero-order valence-electron chi connectivity index (χ0n) is 15.3. The van der Waals surface area contributed by atoms with E-state index in [1.807, 2.05) is 6.07 Å². The first-order valence-corrected chi connectivity index (χ1v) is 9.78. The second-order valence-corrected chi connectivity index (χ2v) is 7.44. The summed E-state index contributed by atoms with van der Waals surface area (Å²) >= 11 is 5.97. The Labute approximate surface area is 164 Å². The minimum absolute atomic E-state index is 0.372. The van der Waals surface area contributed by atoms with Crippen LogP contribution in [0, 0.1) is 11.3 Å². The maximum atomic E-state index is 9.73. The lowest BCUT2D eigenvalue weighted by Crippen LogP contribution is -2.51. The van der Waals surface area contributed by atoms with E-state index in [4.69, 9.17) is 21.3 Å². The van der Waals surface area contributed by atoms with Gasteiger partial charge in [-0.3, -0.25) is 0 Å². The van der Waals surface area contributed by atoms with Crippen LogP contribution in [0.2, 0.25) is 5.15 Å². The zero-order chi connectivity index (χ0) is 18.8. The molecule has 27 heavy (non-hydrogen) atoms. The van der Waals surface area contributed by atoms with Gasteiger partial charge in [0.1, 0.15) is 22.8 Å². The van der Waals surface area contributed by atoms with Crippen LogP contribution >= 0.6 is 11.6 Å². The van der Waals surface area contributed by atoms with E-state index in [-0.39, 0.29) is 0 Å². The molecule has 0 spiro atoms. The maximum Gasteiger partial charge on any atom is 0.150 e. The average Bonchev–Trinajstić information content (AvgIpc) is 3.53. The van der Waals surface area contributed by atoms with Gasteiger partial charge in [-0.15, -0.1) is 0 Å². The molecule has 2 aromatic rings. The van der Waals surface area contributed by atoms with Crippen LogP contribution in [0.4, 0.5) is 5.82 Å². The van der Waals surface area contributed by atoms with Crippen molar-refractivity contribution in [1.82, 2.24) is 15.3 Å². The molecular formula is C20H22ClN5O. The summed E-state index contributed by atoms with van der Waals surface area (Å²) in [4.78, 5) is 11.1. The van der Waals surface area contributed by atoms with Crippen molar-refractivity contribution in [2.75, 3.05) is 24.5 Å². The summed E-state index contributed by atoms with van der Waals surface area (Å²) in [6.07, 6.45) is 4.86. The Morgan fingerprint density at radius 3 is 2.96 bits per heavy atom. The van der Waals surface area contributed by atoms with E-state index < -0.39 is 0 Å². The molecule has 4 rings (SSSR count). The number of hydrogen-bond acceptors (Lipinski definition) is 6. The first-order chi connectivity index (χ1) is 13.2. The van der Waals surface area contributed by atoms with Crippen LogP contribution in [0.15, 0.2) is 24.4 Å². The molecule has 0 radical (unpaired) electrons. The number of ether oxygens (including phenoxy) is 1. The Bertz CT molecular complexity index is 877. The van der Waals surface area contributed by atoms with E-state index in [0.717, 1.165) is 50.4 Å². The van der Waals surface area contributed by atoms with Gasteiger partial charge in [0.2, 0.25) is 0 Å². The molecule has 140 valence electrons. The van der Waals surface area contributed by atoms with Crippen molar-refractivity contribution < 1.29 is 4.74 Å². The van der Waals surface area contributed by atoms with Gasteiger partial charge in [0.05, 0.1) is 11.3 Å². The fourth-order valence-corrected chi connectivity index (χ4v) is 3.58. The third-order valence-corrected chi connectivity index (χ3v) is 5.26. The van der Waals surface area contributed by atoms with Crippen LogP contribution in [0.5, 0.6) is 11.5 Å². The molecule has 0 amide bonds. The monoisotopic (exact) mass is 383 g/mol. The van der Waals surface area contributed by atoms with Gasteiger partial charge >= 0.3 is 0 Å². The van der Waals surface area contributed by atoms with Crippen LogP contribution < -0.4 is 15.0 Å². The van der Waals surface area contributed by atoms with E-state index in [2.05, 4.69) is 28.2 Å². The SMILES string of the molecule is CCC1CN(c2nc(C3CC3)c(Oc3ccnc(Cl)c3)cc2C#N)CCN1. The van der Waals surface area contributed by atoms with Crippen molar-refractivity contribution in [3.8, 4) is 17.6 Å². The van der Waals surface area contributed by atoms with Gasteiger partial charge in [-0.25, -0.2) is 9.97 Å². The summed E-state index contributed by atoms with van der Waals surface area (Å²) < 4.78 is 6.05. The van der Waals surface area contributed by atoms with Gasteiger partial charge in [0.25, 0.3) is 0 Å². The second-order valence-electron chi connectivity index (χ2n) is 7.05. The lowest BCUT2D eigenvalue weighted by molar-refractivity contribution is 0.443. The molecule has 1 aliphatic carbocycles. The molecule has 3 heterocycles. The summed E-state index contributed by atoms with van der Waals surface area (Å²) in [5, 5.41) is 13.6. The quantitative estimate of drug-likeness (QED) is 0.790. The first-order valence-electron chi connectivity index (χ1n) is 9.40. The van der Waals surface area contributed by atoms with Crippen LogP contribution in [-0.2, 0) is 0 Å². The van der Waals surface area contributed by atoms with Crippen molar-refractivity contribution in [2.45, 2.75) is 38.1 Å². The number of rotatable bonds is 5. The molecule has 1 aliphatic heterocycles. The highest BCUT2D eigenvalue weighted by molar-refractivity contribution is 6.29. The summed E-state index contributed by atoms with van der Waals surface area (Å²) in [5.41, 5.74) is 1.48. The third kappa shape index (κ3) is 4.00. The standard InChI is InChI=1S/C20H22ClN5O/c1-2-15-12-26(8-7-23-15)20-14(11-22)9-17(19(25-20)13-3-4-13)27-16-5-6-24-18(21)10-16/h5-6,9-10,13,15,23H,2-4,7-8,12H2,1H3. The van der Waals surface area contributed by atoms with Crippen LogP contribution in [0.25, 0.3) is 0 Å². The molecule has 1 unspecified atom stereocenters. The van der Waals surface area contributed by atoms with Crippen LogP contribution in [0.3, 0.4) is 0 Å². The number of halogens is 1. The van der Waals surface area contributed by atoms with Gasteiger partial charge in [-0.2, -0.15) is 5.26 Å². The number of pyridine rings is 2. The topological polar surface area (TPSA) is 74.1 Å². The van der Waals surface area contributed by atoms with E-state index in [1.165, 1.54) is 0 Å². The number of nitrogens with zero attached hydrogens (tertiary/aromatic N) is 4. The van der Waals surface area contributed by atoms with Crippen LogP contribution in [0.1, 0.15) is 43.4 Å². The van der Waals surface area contributed by atoms with Crippen molar-refractivity contribution in [2.24, 2.45) is 0 Å². The zero-order valence-corrected chi connectivity index (χ0v) is 16.0. The van der Waals surface area contributed by atoms with E-state index in [9.17, 15) is 5.26 Å². The number of aromatic nitrogens is 2. The summed E-state index contributed by atoms with van der Waals surface area (Å²) in [5.74, 6) is 2.42. The number of nitriles is 1. The van der Waals surface area contributed by atoms with Gasteiger partial charge in [-0.05, 0) is 25.3 Å². The maximum absolute atomic E-state index is 9.73. The molecule has 2 aliphatic rings.